The first-order valence-corrected chi connectivity index (χ1v) is 10.0. The van der Waals surface area contributed by atoms with Crippen molar-refractivity contribution in [1.29, 1.82) is 0 Å². The smallest absolute Gasteiger partial charge is 0.276 e. The van der Waals surface area contributed by atoms with Crippen molar-refractivity contribution < 1.29 is 4.79 Å². The first kappa shape index (κ1) is 18.4. The number of piperidine rings is 1. The second-order valence-electron chi connectivity index (χ2n) is 7.31. The number of likely N-dealkylation sites (tertiary alicyclic amines) is 1. The monoisotopic (exact) mass is 378 g/mol. The topological polar surface area (TPSA) is 68.8 Å². The Morgan fingerprint density at radius 2 is 2.11 bits per heavy atom. The van der Waals surface area contributed by atoms with Crippen molar-refractivity contribution >= 4 is 5.91 Å². The molecular weight excluding hydrogens is 352 g/mol. The molecule has 0 N–H and O–H groups in total. The molecular formula is C21H26N6O. The first-order chi connectivity index (χ1) is 13.8. The zero-order valence-electron chi connectivity index (χ0n) is 16.2. The summed E-state index contributed by atoms with van der Waals surface area (Å²) in [6.07, 6.45) is 9.97. The maximum absolute atomic E-state index is 13.0. The number of hydrogen-bond donors (Lipinski definition) is 0. The molecule has 7 nitrogen and oxygen atoms in total. The number of rotatable bonds is 6. The molecule has 2 aromatic heterocycles. The quantitative estimate of drug-likeness (QED) is 0.660. The lowest BCUT2D eigenvalue weighted by Gasteiger charge is -2.32. The van der Waals surface area contributed by atoms with Gasteiger partial charge in [0, 0.05) is 37.9 Å². The highest BCUT2D eigenvalue weighted by molar-refractivity contribution is 5.92. The summed E-state index contributed by atoms with van der Waals surface area (Å²) in [5.41, 5.74) is 1.28. The van der Waals surface area contributed by atoms with E-state index in [0.717, 1.165) is 50.3 Å². The van der Waals surface area contributed by atoms with E-state index in [-0.39, 0.29) is 11.8 Å². The van der Waals surface area contributed by atoms with Crippen molar-refractivity contribution in [1.82, 2.24) is 29.4 Å². The number of unbranched alkanes of at least 4 members (excludes halogenated alkanes) is 1. The molecule has 0 unspecified atom stereocenters. The molecule has 28 heavy (non-hydrogen) atoms. The van der Waals surface area contributed by atoms with Crippen LogP contribution in [0.5, 0.6) is 0 Å². The van der Waals surface area contributed by atoms with Gasteiger partial charge in [0.25, 0.3) is 5.91 Å². The van der Waals surface area contributed by atoms with E-state index < -0.39 is 0 Å². The standard InChI is InChI=1S/C21H26N6O/c1-2-3-12-25-14-11-22-20(25)17-8-7-13-26(15-17)21(28)19-16-27(24-23-19)18-9-5-4-6-10-18/h4-6,9-11,14,16-17H,2-3,7-8,12-13,15H2,1H3/t17-/m1/s1. The first-order valence-electron chi connectivity index (χ1n) is 10.0. The summed E-state index contributed by atoms with van der Waals surface area (Å²) in [5, 5.41) is 8.24. The van der Waals surface area contributed by atoms with Gasteiger partial charge < -0.3 is 9.47 Å². The second kappa shape index (κ2) is 8.37. The van der Waals surface area contributed by atoms with Gasteiger partial charge in [0.1, 0.15) is 5.82 Å². The van der Waals surface area contributed by atoms with E-state index >= 15 is 0 Å². The fourth-order valence-electron chi connectivity index (χ4n) is 3.80. The van der Waals surface area contributed by atoms with Crippen LogP contribution in [0.1, 0.15) is 54.8 Å². The number of benzene rings is 1. The molecule has 0 bridgehead atoms. The van der Waals surface area contributed by atoms with E-state index in [1.165, 1.54) is 0 Å². The average Bonchev–Trinajstić information content (AvgIpc) is 3.42. The van der Waals surface area contributed by atoms with Crippen molar-refractivity contribution in [2.75, 3.05) is 13.1 Å². The summed E-state index contributed by atoms with van der Waals surface area (Å²) in [4.78, 5) is 19.5. The predicted octanol–water partition coefficient (Wildman–Crippen LogP) is 3.28. The van der Waals surface area contributed by atoms with E-state index in [4.69, 9.17) is 0 Å². The van der Waals surface area contributed by atoms with E-state index in [9.17, 15) is 4.79 Å². The summed E-state index contributed by atoms with van der Waals surface area (Å²) in [6.45, 7) is 4.62. The number of hydrogen-bond acceptors (Lipinski definition) is 4. The van der Waals surface area contributed by atoms with Gasteiger partial charge in [-0.3, -0.25) is 4.79 Å². The molecule has 0 radical (unpaired) electrons. The Hall–Kier alpha value is -2.96. The Kier molecular flexibility index (Phi) is 5.50. The van der Waals surface area contributed by atoms with Crippen molar-refractivity contribution in [3.63, 3.8) is 0 Å². The minimum Gasteiger partial charge on any atom is -0.336 e. The molecule has 7 heteroatoms. The molecule has 3 heterocycles. The van der Waals surface area contributed by atoms with Crippen LogP contribution in [0.25, 0.3) is 5.69 Å². The zero-order chi connectivity index (χ0) is 19.3. The highest BCUT2D eigenvalue weighted by atomic mass is 16.2. The van der Waals surface area contributed by atoms with Crippen LogP contribution in [0.15, 0.2) is 48.9 Å². The van der Waals surface area contributed by atoms with E-state index in [2.05, 4.69) is 33.0 Å². The molecule has 146 valence electrons. The molecule has 1 atom stereocenters. The van der Waals surface area contributed by atoms with Crippen LogP contribution < -0.4 is 0 Å². The van der Waals surface area contributed by atoms with Gasteiger partial charge in [-0.1, -0.05) is 36.8 Å². The number of nitrogens with zero attached hydrogens (tertiary/aromatic N) is 6. The minimum atomic E-state index is -0.0569. The third-order valence-electron chi connectivity index (χ3n) is 5.31. The summed E-state index contributed by atoms with van der Waals surface area (Å²) in [7, 11) is 0. The van der Waals surface area contributed by atoms with Crippen LogP contribution in [0.2, 0.25) is 0 Å². The summed E-state index contributed by atoms with van der Waals surface area (Å²) >= 11 is 0. The van der Waals surface area contributed by atoms with Crippen molar-refractivity contribution in [3.8, 4) is 5.69 Å². The van der Waals surface area contributed by atoms with E-state index in [1.54, 1.807) is 10.9 Å². The number of aryl methyl sites for hydroxylation is 1. The molecule has 0 spiro atoms. The molecule has 0 aliphatic carbocycles. The summed E-state index contributed by atoms with van der Waals surface area (Å²) in [6, 6.07) is 9.71. The molecule has 3 aromatic rings. The van der Waals surface area contributed by atoms with Gasteiger partial charge in [0.15, 0.2) is 5.69 Å². The van der Waals surface area contributed by atoms with Crippen LogP contribution in [0.4, 0.5) is 0 Å². The molecule has 1 amide bonds. The van der Waals surface area contributed by atoms with Gasteiger partial charge in [-0.2, -0.15) is 0 Å². The Morgan fingerprint density at radius 1 is 1.25 bits per heavy atom. The third kappa shape index (κ3) is 3.83. The number of amides is 1. The van der Waals surface area contributed by atoms with E-state index in [0.29, 0.717) is 12.2 Å². The average molecular weight is 378 g/mol. The largest absolute Gasteiger partial charge is 0.336 e. The van der Waals surface area contributed by atoms with Crippen molar-refractivity contribution in [2.24, 2.45) is 0 Å². The molecule has 1 aliphatic rings. The Bertz CT molecular complexity index is 916. The van der Waals surface area contributed by atoms with Crippen LogP contribution in [0.3, 0.4) is 0 Å². The maximum Gasteiger partial charge on any atom is 0.276 e. The molecule has 1 aromatic carbocycles. The molecule has 0 saturated carbocycles. The van der Waals surface area contributed by atoms with Crippen LogP contribution in [0, 0.1) is 0 Å². The lowest BCUT2D eigenvalue weighted by molar-refractivity contribution is 0.0697. The van der Waals surface area contributed by atoms with Crippen LogP contribution >= 0.6 is 0 Å². The number of imidazole rings is 1. The molecule has 4 rings (SSSR count). The number of aromatic nitrogens is 5. The Labute approximate surface area is 165 Å². The molecule has 1 fully saturated rings. The maximum atomic E-state index is 13.0. The fraction of sp³-hybridized carbons (Fsp3) is 0.429. The molecule has 1 saturated heterocycles. The van der Waals surface area contributed by atoms with Gasteiger partial charge in [-0.15, -0.1) is 5.10 Å². The number of carbonyl (C=O) groups excluding carboxylic acids is 1. The van der Waals surface area contributed by atoms with E-state index in [1.807, 2.05) is 41.4 Å². The minimum absolute atomic E-state index is 0.0569. The fourth-order valence-corrected chi connectivity index (χ4v) is 3.80. The van der Waals surface area contributed by atoms with Gasteiger partial charge >= 0.3 is 0 Å². The van der Waals surface area contributed by atoms with Crippen LogP contribution in [-0.2, 0) is 6.54 Å². The highest BCUT2D eigenvalue weighted by Crippen LogP contribution is 2.27. The second-order valence-corrected chi connectivity index (χ2v) is 7.31. The van der Waals surface area contributed by atoms with Gasteiger partial charge in [0.2, 0.25) is 0 Å². The number of para-hydroxylation sites is 1. The SMILES string of the molecule is CCCCn1ccnc1[C@@H]1CCCN(C(=O)c2cn(-c3ccccc3)nn2)C1. The predicted molar refractivity (Wildman–Crippen MR) is 106 cm³/mol. The van der Waals surface area contributed by atoms with Gasteiger partial charge in [-0.25, -0.2) is 9.67 Å². The van der Waals surface area contributed by atoms with Gasteiger partial charge in [0.05, 0.1) is 11.9 Å². The van der Waals surface area contributed by atoms with Crippen LogP contribution in [-0.4, -0.2) is 48.4 Å². The lowest BCUT2D eigenvalue weighted by Crippen LogP contribution is -2.40. The Morgan fingerprint density at radius 3 is 2.93 bits per heavy atom. The lowest BCUT2D eigenvalue weighted by atomic mass is 9.96. The summed E-state index contributed by atoms with van der Waals surface area (Å²) in [5.74, 6) is 1.31. The van der Waals surface area contributed by atoms with Crippen molar-refractivity contribution in [2.45, 2.75) is 45.1 Å². The highest BCUT2D eigenvalue weighted by Gasteiger charge is 2.29. The van der Waals surface area contributed by atoms with Crippen molar-refractivity contribution in [3.05, 3.63) is 60.4 Å². The normalized spacial score (nSPS) is 17.0. The third-order valence-corrected chi connectivity index (χ3v) is 5.31. The molecule has 1 aliphatic heterocycles. The zero-order valence-corrected chi connectivity index (χ0v) is 16.2. The summed E-state index contributed by atoms with van der Waals surface area (Å²) < 4.78 is 3.89. The number of carbonyl (C=O) groups is 1. The van der Waals surface area contributed by atoms with Gasteiger partial charge in [-0.05, 0) is 31.4 Å². The Balaban J connectivity index is 1.47.